The van der Waals surface area contributed by atoms with Gasteiger partial charge in [0.1, 0.15) is 11.3 Å². The Labute approximate surface area is 280 Å². The van der Waals surface area contributed by atoms with Gasteiger partial charge in [-0.3, -0.25) is 24.5 Å². The number of likely N-dealkylation sites (N-methyl/N-ethyl adjacent to an activating group) is 2. The number of methoxy groups -OCH3 is 1. The number of hydrogen-bond donors (Lipinski definition) is 2. The van der Waals surface area contributed by atoms with Gasteiger partial charge in [-0.1, -0.05) is 40.2 Å². The highest BCUT2D eigenvalue weighted by molar-refractivity contribution is 9.10. The Kier molecular flexibility index (Phi) is 10.3. The maximum Gasteiger partial charge on any atom is 0.269 e. The molecular weight excluding hydrogens is 678 g/mol. The molecule has 4 aromatic rings. The van der Waals surface area contributed by atoms with Gasteiger partial charge in [0, 0.05) is 41.3 Å². The van der Waals surface area contributed by atoms with Gasteiger partial charge < -0.3 is 25.2 Å². The summed E-state index contributed by atoms with van der Waals surface area (Å²) in [5.41, 5.74) is 0.294. The second-order valence-electron chi connectivity index (χ2n) is 10.8. The number of ether oxygens (including phenoxy) is 1. The second kappa shape index (κ2) is 13.9. The molecule has 13 heteroatoms. The second-order valence-corrected chi connectivity index (χ2v) is 11.7. The number of hydrogen-bond acceptors (Lipinski definition) is 7. The summed E-state index contributed by atoms with van der Waals surface area (Å²) >= 11 is 3.53. The highest BCUT2D eigenvalue weighted by Gasteiger charge is 2.49. The van der Waals surface area contributed by atoms with E-state index in [4.69, 9.17) is 4.74 Å². The molecule has 0 saturated heterocycles. The van der Waals surface area contributed by atoms with Crippen molar-refractivity contribution in [3.05, 3.63) is 105 Å². The Morgan fingerprint density at radius 1 is 1.04 bits per heavy atom. The third-order valence-corrected chi connectivity index (χ3v) is 8.96. The van der Waals surface area contributed by atoms with Crippen molar-refractivity contribution in [3.63, 3.8) is 0 Å². The molecule has 0 saturated carbocycles. The maximum absolute atomic E-state index is 14.8. The maximum atomic E-state index is 14.8. The molecule has 4 aromatic carbocycles. The van der Waals surface area contributed by atoms with Crippen LogP contribution in [0.15, 0.2) is 83.3 Å². The highest BCUT2D eigenvalue weighted by atomic mass is 79.9. The van der Waals surface area contributed by atoms with Crippen LogP contribution in [0.4, 0.5) is 17.1 Å². The Balaban J connectivity index is 0.00000480. The third-order valence-electron chi connectivity index (χ3n) is 8.46. The Hall–Kier alpha value is -4.52. The largest absolute Gasteiger partial charge is 0.496 e. The zero-order chi connectivity index (χ0) is 32.5. The van der Waals surface area contributed by atoms with Crippen molar-refractivity contribution < 1.29 is 24.0 Å². The number of carbonyl (C=O) groups is 3. The van der Waals surface area contributed by atoms with Crippen LogP contribution in [-0.2, 0) is 16.1 Å². The smallest absolute Gasteiger partial charge is 0.269 e. The zero-order valence-electron chi connectivity index (χ0n) is 25.6. The Morgan fingerprint density at radius 3 is 2.33 bits per heavy atom. The number of amides is 3. The molecule has 0 bridgehead atoms. The number of halogens is 2. The van der Waals surface area contributed by atoms with Gasteiger partial charge in [-0.25, -0.2) is 0 Å². The van der Waals surface area contributed by atoms with Crippen LogP contribution in [0.25, 0.3) is 10.8 Å². The van der Waals surface area contributed by atoms with Gasteiger partial charge in [0.2, 0.25) is 11.8 Å². The van der Waals surface area contributed by atoms with Crippen LogP contribution in [0.5, 0.6) is 5.75 Å². The minimum atomic E-state index is -1.42. The summed E-state index contributed by atoms with van der Waals surface area (Å²) in [5.74, 6) is -1.74. The van der Waals surface area contributed by atoms with Gasteiger partial charge in [0.15, 0.2) is 0 Å². The summed E-state index contributed by atoms with van der Waals surface area (Å²) < 4.78 is 6.66. The topological polar surface area (TPSA) is 134 Å². The SMILES string of the molecule is CNC(=O)C(C)(NC)[C@@H]1CN(C(=O)c2ccc([N+](=O)[O-])cc2)c2ccccc2N(Cc2c(OC)ccc3cc(Br)ccc23)C1=O.Cl. The summed E-state index contributed by atoms with van der Waals surface area (Å²) in [6.45, 7) is 1.57. The molecule has 5 rings (SSSR count). The van der Waals surface area contributed by atoms with Crippen LogP contribution in [0, 0.1) is 16.0 Å². The van der Waals surface area contributed by atoms with E-state index < -0.39 is 28.2 Å². The van der Waals surface area contributed by atoms with Crippen LogP contribution >= 0.6 is 28.3 Å². The van der Waals surface area contributed by atoms with Crippen molar-refractivity contribution in [3.8, 4) is 5.75 Å². The minimum Gasteiger partial charge on any atom is -0.496 e. The van der Waals surface area contributed by atoms with Gasteiger partial charge in [-0.15, -0.1) is 12.4 Å². The van der Waals surface area contributed by atoms with Crippen molar-refractivity contribution in [1.82, 2.24) is 10.6 Å². The van der Waals surface area contributed by atoms with Crippen LogP contribution < -0.4 is 25.2 Å². The average molecular weight is 711 g/mol. The number of non-ortho nitro benzene ring substituents is 1. The molecule has 2 atom stereocenters. The summed E-state index contributed by atoms with van der Waals surface area (Å²) in [4.78, 5) is 56.1. The van der Waals surface area contributed by atoms with E-state index in [0.29, 0.717) is 17.1 Å². The lowest BCUT2D eigenvalue weighted by atomic mass is 9.82. The van der Waals surface area contributed by atoms with Gasteiger partial charge in [-0.05, 0) is 67.2 Å². The summed E-state index contributed by atoms with van der Waals surface area (Å²) in [7, 11) is 4.66. The lowest BCUT2D eigenvalue weighted by molar-refractivity contribution is -0.384. The van der Waals surface area contributed by atoms with Crippen molar-refractivity contribution in [1.29, 1.82) is 0 Å². The first-order chi connectivity index (χ1) is 21.5. The lowest BCUT2D eigenvalue weighted by Gasteiger charge is -2.37. The number of benzene rings is 4. The molecule has 3 amide bonds. The Bertz CT molecular complexity index is 1820. The molecule has 0 radical (unpaired) electrons. The van der Waals surface area contributed by atoms with Gasteiger partial charge in [0.05, 0.1) is 35.9 Å². The molecule has 2 N–H and O–H groups in total. The fourth-order valence-corrected chi connectivity index (χ4v) is 6.19. The molecule has 0 aromatic heterocycles. The molecule has 1 aliphatic rings. The van der Waals surface area contributed by atoms with E-state index in [9.17, 15) is 24.5 Å². The normalized spacial score (nSPS) is 15.7. The monoisotopic (exact) mass is 709 g/mol. The average Bonchev–Trinajstić information content (AvgIpc) is 3.18. The van der Waals surface area contributed by atoms with E-state index >= 15 is 0 Å². The standard InChI is InChI=1S/C33H32BrN5O6.ClH/c1-33(36-3,32(42)35-2)26-19-38(30(40)20-9-13-23(14-10-20)39(43)44)28-8-6-5-7-27(28)37(31(26)41)18-25-24-15-12-22(34)17-21(24)11-16-29(25)45-4;/h5-17,26,36H,18-19H2,1-4H3,(H,35,42);1H/t26-,33?;/m1./s1. The van der Waals surface area contributed by atoms with Crippen LogP contribution in [0.2, 0.25) is 0 Å². The van der Waals surface area contributed by atoms with Gasteiger partial charge in [0.25, 0.3) is 11.6 Å². The fourth-order valence-electron chi connectivity index (χ4n) is 5.82. The Morgan fingerprint density at radius 2 is 1.72 bits per heavy atom. The van der Waals surface area contributed by atoms with Crippen LogP contribution in [0.3, 0.4) is 0 Å². The van der Waals surface area contributed by atoms with E-state index in [1.165, 1.54) is 36.2 Å². The van der Waals surface area contributed by atoms with Gasteiger partial charge in [-0.2, -0.15) is 0 Å². The predicted octanol–water partition coefficient (Wildman–Crippen LogP) is 5.47. The number of fused-ring (bicyclic) bond motifs is 2. The van der Waals surface area contributed by atoms with E-state index in [1.54, 1.807) is 50.2 Å². The van der Waals surface area contributed by atoms with E-state index in [-0.39, 0.29) is 42.7 Å². The van der Waals surface area contributed by atoms with E-state index in [1.807, 2.05) is 30.3 Å². The molecule has 0 fully saturated rings. The first-order valence-corrected chi connectivity index (χ1v) is 15.0. The summed E-state index contributed by atoms with van der Waals surface area (Å²) in [5, 5.41) is 18.8. The number of carbonyl (C=O) groups excluding carboxylic acids is 3. The van der Waals surface area contributed by atoms with Crippen molar-refractivity contribution in [2.75, 3.05) is 37.5 Å². The molecular formula is C33H33BrClN5O6. The van der Waals surface area contributed by atoms with Crippen molar-refractivity contribution in [2.24, 2.45) is 5.92 Å². The number of nitro groups is 1. The van der Waals surface area contributed by atoms with Gasteiger partial charge >= 0.3 is 0 Å². The zero-order valence-corrected chi connectivity index (χ0v) is 28.0. The quantitative estimate of drug-likeness (QED) is 0.183. The predicted molar refractivity (Wildman–Crippen MR) is 183 cm³/mol. The molecule has 1 aliphatic heterocycles. The molecule has 46 heavy (non-hydrogen) atoms. The summed E-state index contributed by atoms with van der Waals surface area (Å²) in [6.07, 6.45) is 0. The third kappa shape index (κ3) is 6.15. The fraction of sp³-hybridized carbons (Fsp3) is 0.242. The number of para-hydroxylation sites is 2. The number of anilines is 2. The lowest BCUT2D eigenvalue weighted by Crippen LogP contribution is -2.63. The molecule has 1 heterocycles. The molecule has 11 nitrogen and oxygen atoms in total. The van der Waals surface area contributed by atoms with Crippen molar-refractivity contribution in [2.45, 2.75) is 19.0 Å². The molecule has 1 unspecified atom stereocenters. The van der Waals surface area contributed by atoms with E-state index in [2.05, 4.69) is 26.6 Å². The molecule has 0 spiro atoms. The first-order valence-electron chi connectivity index (χ1n) is 14.2. The number of rotatable bonds is 8. The van der Waals surface area contributed by atoms with Crippen LogP contribution in [-0.4, -0.2) is 55.9 Å². The first kappa shape index (κ1) is 34.4. The van der Waals surface area contributed by atoms with Crippen molar-refractivity contribution >= 4 is 73.9 Å². The molecule has 0 aliphatic carbocycles. The minimum absolute atomic E-state index is 0. The number of nitrogens with zero attached hydrogens (tertiary/aromatic N) is 3. The van der Waals surface area contributed by atoms with E-state index in [0.717, 1.165) is 20.8 Å². The molecule has 240 valence electrons. The van der Waals surface area contributed by atoms with Crippen LogP contribution in [0.1, 0.15) is 22.8 Å². The highest BCUT2D eigenvalue weighted by Crippen LogP contribution is 2.40. The summed E-state index contributed by atoms with van der Waals surface area (Å²) in [6, 6.07) is 22.0. The number of nitrogens with one attached hydrogen (secondary N) is 2. The number of nitro benzene ring substituents is 1.